The molecular weight excluding hydrogens is 579 g/mol. The van der Waals surface area contributed by atoms with Gasteiger partial charge in [-0.1, -0.05) is 12.1 Å². The van der Waals surface area contributed by atoms with Crippen LogP contribution in [-0.2, 0) is 6.54 Å². The van der Waals surface area contributed by atoms with E-state index in [0.29, 0.717) is 34.4 Å². The summed E-state index contributed by atoms with van der Waals surface area (Å²) in [6.45, 7) is 2.75. The Hall–Kier alpha value is -5.73. The van der Waals surface area contributed by atoms with Gasteiger partial charge in [0.15, 0.2) is 11.5 Å². The van der Waals surface area contributed by atoms with Crippen molar-refractivity contribution in [1.29, 1.82) is 5.26 Å². The predicted octanol–water partition coefficient (Wildman–Crippen LogP) is 5.63. The van der Waals surface area contributed by atoms with Crippen molar-refractivity contribution in [3.8, 4) is 34.4 Å². The van der Waals surface area contributed by atoms with Gasteiger partial charge in [0.05, 0.1) is 11.3 Å². The summed E-state index contributed by atoms with van der Waals surface area (Å²) in [7, 11) is 2.03. The van der Waals surface area contributed by atoms with Crippen LogP contribution in [0.4, 0.5) is 16.0 Å². The van der Waals surface area contributed by atoms with Crippen LogP contribution in [0, 0.1) is 17.1 Å². The molecule has 228 valence electrons. The van der Waals surface area contributed by atoms with Gasteiger partial charge in [-0.2, -0.15) is 5.26 Å². The Balaban J connectivity index is 1.13. The van der Waals surface area contributed by atoms with Crippen LogP contribution in [0.25, 0.3) is 39.5 Å². The van der Waals surface area contributed by atoms with Crippen molar-refractivity contribution in [3.63, 3.8) is 0 Å². The molecule has 1 saturated heterocycles. The number of fused-ring (bicyclic) bond motifs is 1. The number of hydrogen-bond donors (Lipinski definition) is 1. The largest absolute Gasteiger partial charge is 0.383 e. The summed E-state index contributed by atoms with van der Waals surface area (Å²) in [6, 6.07) is 26.6. The molecule has 0 atom stereocenters. The number of pyridine rings is 2. The minimum Gasteiger partial charge on any atom is -0.383 e. The lowest BCUT2D eigenvalue weighted by Crippen LogP contribution is -2.43. The molecule has 1 aliphatic rings. The molecular formula is C35H31FN10. The lowest BCUT2D eigenvalue weighted by Gasteiger charge is -2.37. The molecule has 2 aromatic carbocycles. The molecule has 1 aliphatic heterocycles. The van der Waals surface area contributed by atoms with Gasteiger partial charge in [0.1, 0.15) is 29.0 Å². The minimum atomic E-state index is -0.293. The average Bonchev–Trinajstić information content (AvgIpc) is 3.48. The van der Waals surface area contributed by atoms with Gasteiger partial charge in [0.2, 0.25) is 5.82 Å². The fraction of sp³-hybridized carbons (Fsp3) is 0.200. The summed E-state index contributed by atoms with van der Waals surface area (Å²) in [4.78, 5) is 27.2. The number of rotatable bonds is 7. The van der Waals surface area contributed by atoms with Gasteiger partial charge < -0.3 is 10.6 Å². The number of nitrogen functional groups attached to an aromatic ring is 1. The number of halogens is 1. The number of imidazole rings is 1. The van der Waals surface area contributed by atoms with Crippen molar-refractivity contribution in [2.24, 2.45) is 0 Å². The number of nitrogens with two attached hydrogens (primary N) is 1. The van der Waals surface area contributed by atoms with E-state index in [0.717, 1.165) is 55.2 Å². The highest BCUT2D eigenvalue weighted by Gasteiger charge is 2.24. The maximum Gasteiger partial charge on any atom is 0.234 e. The zero-order valence-electron chi connectivity index (χ0n) is 25.3. The molecule has 0 radical (unpaired) electrons. The monoisotopic (exact) mass is 610 g/mol. The molecule has 0 bridgehead atoms. The zero-order valence-corrected chi connectivity index (χ0v) is 25.3. The summed E-state index contributed by atoms with van der Waals surface area (Å²) in [5.74, 6) is 1.70. The van der Waals surface area contributed by atoms with E-state index in [2.05, 4.69) is 49.0 Å². The van der Waals surface area contributed by atoms with Crippen LogP contribution in [0.15, 0.2) is 91.3 Å². The Bertz CT molecular complexity index is 2040. The first-order valence-electron chi connectivity index (χ1n) is 15.1. The molecule has 0 amide bonds. The van der Waals surface area contributed by atoms with E-state index in [1.807, 2.05) is 48.0 Å². The fourth-order valence-electron chi connectivity index (χ4n) is 6.03. The van der Waals surface area contributed by atoms with E-state index in [-0.39, 0.29) is 11.6 Å². The van der Waals surface area contributed by atoms with Crippen LogP contribution in [0.1, 0.15) is 24.2 Å². The van der Waals surface area contributed by atoms with Crippen LogP contribution in [-0.4, -0.2) is 60.6 Å². The number of anilines is 2. The summed E-state index contributed by atoms with van der Waals surface area (Å²) in [5.41, 5.74) is 12.0. The Morgan fingerprint density at radius 2 is 1.70 bits per heavy atom. The molecule has 5 heterocycles. The molecule has 0 saturated carbocycles. The van der Waals surface area contributed by atoms with Crippen molar-refractivity contribution >= 4 is 22.8 Å². The van der Waals surface area contributed by atoms with Crippen molar-refractivity contribution in [1.82, 2.24) is 34.4 Å². The zero-order chi connectivity index (χ0) is 31.6. The number of nitriles is 1. The molecule has 46 heavy (non-hydrogen) atoms. The number of piperidine rings is 1. The van der Waals surface area contributed by atoms with Crippen LogP contribution >= 0.6 is 0 Å². The maximum atomic E-state index is 13.6. The maximum absolute atomic E-state index is 13.6. The normalized spacial score (nSPS) is 13.9. The highest BCUT2D eigenvalue weighted by molar-refractivity contribution is 5.84. The predicted molar refractivity (Wildman–Crippen MR) is 175 cm³/mol. The third-order valence-electron chi connectivity index (χ3n) is 8.53. The van der Waals surface area contributed by atoms with Crippen LogP contribution < -0.4 is 10.6 Å². The van der Waals surface area contributed by atoms with Crippen LogP contribution in [0.2, 0.25) is 0 Å². The first-order chi connectivity index (χ1) is 22.5. The van der Waals surface area contributed by atoms with Crippen molar-refractivity contribution in [3.05, 3.63) is 108 Å². The second-order valence-corrected chi connectivity index (χ2v) is 11.4. The minimum absolute atomic E-state index is 0.189. The van der Waals surface area contributed by atoms with Gasteiger partial charge in [-0.25, -0.2) is 29.3 Å². The van der Waals surface area contributed by atoms with Gasteiger partial charge in [0, 0.05) is 56.4 Å². The van der Waals surface area contributed by atoms with Crippen molar-refractivity contribution in [2.45, 2.75) is 25.4 Å². The summed E-state index contributed by atoms with van der Waals surface area (Å²) in [6.07, 6.45) is 5.30. The lowest BCUT2D eigenvalue weighted by molar-refractivity contribution is 0.203. The molecule has 7 rings (SSSR count). The molecule has 6 aromatic rings. The molecule has 11 heteroatoms. The Labute approximate surface area is 265 Å². The second-order valence-electron chi connectivity index (χ2n) is 11.4. The van der Waals surface area contributed by atoms with Crippen molar-refractivity contribution < 1.29 is 4.39 Å². The van der Waals surface area contributed by atoms with Gasteiger partial charge in [-0.15, -0.1) is 0 Å². The van der Waals surface area contributed by atoms with Gasteiger partial charge in [0.25, 0.3) is 0 Å². The van der Waals surface area contributed by atoms with E-state index in [1.54, 1.807) is 24.5 Å². The lowest BCUT2D eigenvalue weighted by atomic mass is 10.0. The van der Waals surface area contributed by atoms with E-state index in [4.69, 9.17) is 21.0 Å². The van der Waals surface area contributed by atoms with E-state index >= 15 is 0 Å². The van der Waals surface area contributed by atoms with Crippen LogP contribution in [0.5, 0.6) is 0 Å². The Kier molecular flexibility index (Phi) is 7.78. The number of hydrogen-bond acceptors (Lipinski definition) is 9. The second kappa shape index (κ2) is 12.3. The summed E-state index contributed by atoms with van der Waals surface area (Å²) in [5, 5.41) is 9.16. The number of nitrogens with zero attached hydrogens (tertiary/aromatic N) is 9. The van der Waals surface area contributed by atoms with E-state index in [1.165, 1.54) is 17.7 Å². The Morgan fingerprint density at radius 3 is 2.43 bits per heavy atom. The fourth-order valence-corrected chi connectivity index (χ4v) is 6.03. The first-order valence-corrected chi connectivity index (χ1v) is 15.1. The number of benzene rings is 2. The molecule has 1 fully saturated rings. The SMILES string of the molecule is CN(c1ccnc(C#N)n1)C1CCN(Cc2ccc(-n3c(-c4cccnc4N)nc4ccc(-c5ccc(F)cc5)nc43)cc2)CC1. The molecule has 10 nitrogen and oxygen atoms in total. The molecule has 2 N–H and O–H groups in total. The van der Waals surface area contributed by atoms with E-state index in [9.17, 15) is 4.39 Å². The summed E-state index contributed by atoms with van der Waals surface area (Å²) >= 11 is 0. The highest BCUT2D eigenvalue weighted by Crippen LogP contribution is 2.32. The Morgan fingerprint density at radius 1 is 0.913 bits per heavy atom. The standard InChI is InChI=1S/C35H31FN10/c1-44(32-14-18-39-31(21-37)43-32)26-15-19-45(20-16-26)22-23-4-10-27(11-5-23)46-34(28-3-2-17-40-33(28)38)42-30-13-12-29(41-35(30)46)24-6-8-25(36)9-7-24/h2-14,17-18,26H,15-16,19-20,22H2,1H3,(H2,38,40). The smallest absolute Gasteiger partial charge is 0.234 e. The van der Waals surface area contributed by atoms with E-state index < -0.39 is 0 Å². The quantitative estimate of drug-likeness (QED) is 0.245. The third kappa shape index (κ3) is 5.74. The number of likely N-dealkylation sites (tertiary alicyclic amines) is 1. The topological polar surface area (TPSA) is 126 Å². The summed E-state index contributed by atoms with van der Waals surface area (Å²) < 4.78 is 15.6. The molecule has 0 unspecified atom stereocenters. The molecule has 0 aliphatic carbocycles. The van der Waals surface area contributed by atoms with Crippen LogP contribution in [0.3, 0.4) is 0 Å². The molecule has 4 aromatic heterocycles. The first kappa shape index (κ1) is 29.0. The van der Waals surface area contributed by atoms with Gasteiger partial charge >= 0.3 is 0 Å². The van der Waals surface area contributed by atoms with Crippen molar-refractivity contribution in [2.75, 3.05) is 30.8 Å². The van der Waals surface area contributed by atoms with Gasteiger partial charge in [-0.05, 0) is 85.1 Å². The van der Waals surface area contributed by atoms with Gasteiger partial charge in [-0.3, -0.25) is 9.47 Å². The average molecular weight is 611 g/mol. The molecule has 0 spiro atoms. The number of aromatic nitrogens is 6. The highest BCUT2D eigenvalue weighted by atomic mass is 19.1. The third-order valence-corrected chi connectivity index (χ3v) is 8.53.